The van der Waals surface area contributed by atoms with E-state index in [2.05, 4.69) is 4.84 Å². The van der Waals surface area contributed by atoms with Crippen LogP contribution < -0.4 is 0 Å². The molecule has 0 amide bonds. The number of aliphatic hydroxyl groups is 7. The van der Waals surface area contributed by atoms with Crippen LogP contribution in [0.15, 0.2) is 0 Å². The van der Waals surface area contributed by atoms with E-state index in [0.29, 0.717) is 0 Å². The standard InChI is InChI=1S/C12H21NO13/c14-1-3-10(7(17)8(18)11(20)24-3)26-12-9(19)6(16)5(15)4(25-12)2-23-13(21)22/h3-12,14-20H,1-2H2/t3-,4-,5+,6+,7-,8-,9-,10-,11+,12+/m1/s1. The van der Waals surface area contributed by atoms with Crippen LogP contribution in [0.1, 0.15) is 0 Å². The average Bonchev–Trinajstić information content (AvgIpc) is 2.60. The quantitative estimate of drug-likeness (QED) is 0.167. The molecule has 0 saturated carbocycles. The minimum atomic E-state index is -1.84. The van der Waals surface area contributed by atoms with Gasteiger partial charge in [0.25, 0.3) is 5.09 Å². The lowest BCUT2D eigenvalue weighted by Gasteiger charge is -2.45. The minimum Gasteiger partial charge on any atom is -0.394 e. The summed E-state index contributed by atoms with van der Waals surface area (Å²) in [6.07, 6.45) is -16.8. The largest absolute Gasteiger partial charge is 0.394 e. The second kappa shape index (κ2) is 8.66. The number of hydrogen-bond donors (Lipinski definition) is 7. The van der Waals surface area contributed by atoms with Crippen LogP contribution in [0, 0.1) is 10.1 Å². The molecule has 0 radical (unpaired) electrons. The number of rotatable bonds is 6. The average molecular weight is 387 g/mol. The zero-order valence-corrected chi connectivity index (χ0v) is 13.2. The van der Waals surface area contributed by atoms with Crippen molar-refractivity contribution >= 4 is 0 Å². The molecule has 0 aromatic carbocycles. The first-order valence-corrected chi connectivity index (χ1v) is 7.60. The SMILES string of the molecule is O=[N+]([O-])OC[C@H]1O[C@@H](O[C@H]2[C@H](O)[C@@H](O)[C@@H](O)O[C@@H]2CO)[C@H](O)[C@@H](O)[C@H]1O. The molecule has 2 fully saturated rings. The summed E-state index contributed by atoms with van der Waals surface area (Å²) in [6.45, 7) is -1.53. The fourth-order valence-corrected chi connectivity index (χ4v) is 2.69. The maximum atomic E-state index is 10.3. The van der Waals surface area contributed by atoms with Crippen LogP contribution in [0.3, 0.4) is 0 Å². The molecule has 26 heavy (non-hydrogen) atoms. The predicted molar refractivity (Wildman–Crippen MR) is 74.5 cm³/mol. The molecule has 0 aliphatic carbocycles. The Morgan fingerprint density at radius 1 is 0.885 bits per heavy atom. The van der Waals surface area contributed by atoms with E-state index in [1.807, 2.05) is 0 Å². The first kappa shape index (κ1) is 21.1. The van der Waals surface area contributed by atoms with Gasteiger partial charge in [0.05, 0.1) is 6.61 Å². The van der Waals surface area contributed by atoms with Crippen molar-refractivity contribution in [3.05, 3.63) is 10.1 Å². The molecule has 2 heterocycles. The zero-order valence-electron chi connectivity index (χ0n) is 13.2. The molecule has 2 aliphatic heterocycles. The van der Waals surface area contributed by atoms with E-state index in [1.165, 1.54) is 0 Å². The summed E-state index contributed by atoms with van der Waals surface area (Å²) >= 11 is 0. The van der Waals surface area contributed by atoms with Gasteiger partial charge in [0, 0.05) is 0 Å². The molecular formula is C12H21NO13. The summed E-state index contributed by atoms with van der Waals surface area (Å²) in [5.74, 6) is 0. The van der Waals surface area contributed by atoms with E-state index in [-0.39, 0.29) is 0 Å². The van der Waals surface area contributed by atoms with Crippen molar-refractivity contribution in [1.82, 2.24) is 0 Å². The highest BCUT2D eigenvalue weighted by Crippen LogP contribution is 2.28. The summed E-state index contributed by atoms with van der Waals surface area (Å²) in [5.41, 5.74) is 0. The molecule has 0 spiro atoms. The lowest BCUT2D eigenvalue weighted by molar-refractivity contribution is -0.760. The predicted octanol–water partition coefficient (Wildman–Crippen LogP) is -5.18. The van der Waals surface area contributed by atoms with Gasteiger partial charge in [-0.1, -0.05) is 0 Å². The lowest BCUT2D eigenvalue weighted by Crippen LogP contribution is -2.64. The second-order valence-electron chi connectivity index (χ2n) is 5.86. The van der Waals surface area contributed by atoms with Gasteiger partial charge in [-0.25, -0.2) is 0 Å². The first-order valence-electron chi connectivity index (χ1n) is 7.60. The monoisotopic (exact) mass is 387 g/mol. The Balaban J connectivity index is 2.10. The Bertz CT molecular complexity index is 478. The summed E-state index contributed by atoms with van der Waals surface area (Å²) in [5, 5.41) is 77.1. The van der Waals surface area contributed by atoms with E-state index in [0.717, 1.165) is 0 Å². The third-order valence-corrected chi connectivity index (χ3v) is 4.14. The van der Waals surface area contributed by atoms with Gasteiger partial charge in [-0.3, -0.25) is 0 Å². The smallest absolute Gasteiger partial charge is 0.294 e. The van der Waals surface area contributed by atoms with Crippen LogP contribution in [-0.2, 0) is 19.0 Å². The molecule has 14 heteroatoms. The van der Waals surface area contributed by atoms with Gasteiger partial charge in [-0.05, 0) is 0 Å². The third-order valence-electron chi connectivity index (χ3n) is 4.14. The van der Waals surface area contributed by atoms with Crippen LogP contribution in [0.25, 0.3) is 0 Å². The Morgan fingerprint density at radius 2 is 1.54 bits per heavy atom. The van der Waals surface area contributed by atoms with Crippen molar-refractivity contribution in [3.63, 3.8) is 0 Å². The van der Waals surface area contributed by atoms with E-state index in [9.17, 15) is 45.9 Å². The van der Waals surface area contributed by atoms with Crippen molar-refractivity contribution in [2.75, 3.05) is 13.2 Å². The summed E-state index contributed by atoms with van der Waals surface area (Å²) < 4.78 is 15.3. The van der Waals surface area contributed by atoms with Crippen LogP contribution in [0.4, 0.5) is 0 Å². The Morgan fingerprint density at radius 3 is 2.12 bits per heavy atom. The second-order valence-corrected chi connectivity index (χ2v) is 5.86. The van der Waals surface area contributed by atoms with Gasteiger partial charge >= 0.3 is 0 Å². The highest BCUT2D eigenvalue weighted by atomic mass is 17.0. The molecule has 0 unspecified atom stereocenters. The maximum absolute atomic E-state index is 10.3. The van der Waals surface area contributed by atoms with Gasteiger partial charge in [0.15, 0.2) is 12.6 Å². The molecule has 0 aromatic heterocycles. The van der Waals surface area contributed by atoms with E-state index >= 15 is 0 Å². The van der Waals surface area contributed by atoms with Crippen LogP contribution in [0.2, 0.25) is 0 Å². The Hall–Kier alpha value is -1.20. The summed E-state index contributed by atoms with van der Waals surface area (Å²) in [6, 6.07) is 0. The fourth-order valence-electron chi connectivity index (χ4n) is 2.69. The molecule has 2 aliphatic rings. The van der Waals surface area contributed by atoms with E-state index in [1.54, 1.807) is 0 Å². The molecule has 152 valence electrons. The van der Waals surface area contributed by atoms with Crippen LogP contribution >= 0.6 is 0 Å². The molecule has 0 aromatic rings. The topological polar surface area (TPSA) is 222 Å². The lowest BCUT2D eigenvalue weighted by atomic mass is 9.97. The summed E-state index contributed by atoms with van der Waals surface area (Å²) in [7, 11) is 0. The Labute approximate surface area is 145 Å². The zero-order chi connectivity index (χ0) is 19.6. The van der Waals surface area contributed by atoms with E-state index < -0.39 is 79.7 Å². The molecule has 2 rings (SSSR count). The number of aliphatic hydroxyl groups excluding tert-OH is 7. The molecule has 0 bridgehead atoms. The molecule has 14 nitrogen and oxygen atoms in total. The molecule has 10 atom stereocenters. The number of hydrogen-bond acceptors (Lipinski definition) is 13. The highest BCUT2D eigenvalue weighted by Gasteiger charge is 2.50. The van der Waals surface area contributed by atoms with Crippen LogP contribution in [-0.4, -0.2) is 115 Å². The normalized spacial score (nSPS) is 46.7. The van der Waals surface area contributed by atoms with Crippen molar-refractivity contribution in [3.8, 4) is 0 Å². The van der Waals surface area contributed by atoms with Crippen molar-refractivity contribution in [2.24, 2.45) is 0 Å². The molecule has 2 saturated heterocycles. The van der Waals surface area contributed by atoms with Gasteiger partial charge in [0.1, 0.15) is 55.4 Å². The third kappa shape index (κ3) is 4.37. The minimum absolute atomic E-state index is 0.743. The van der Waals surface area contributed by atoms with Crippen molar-refractivity contribution < 1.29 is 59.9 Å². The number of nitrogens with zero attached hydrogens (tertiary/aromatic N) is 1. The maximum Gasteiger partial charge on any atom is 0.294 e. The van der Waals surface area contributed by atoms with Crippen molar-refractivity contribution in [2.45, 2.75) is 61.4 Å². The van der Waals surface area contributed by atoms with Crippen LogP contribution in [0.5, 0.6) is 0 Å². The highest BCUT2D eigenvalue weighted by molar-refractivity contribution is 4.93. The number of ether oxygens (including phenoxy) is 3. The fraction of sp³-hybridized carbons (Fsp3) is 1.00. The molecule has 7 N–H and O–H groups in total. The summed E-state index contributed by atoms with van der Waals surface area (Å²) in [4.78, 5) is 14.3. The van der Waals surface area contributed by atoms with Gasteiger partial charge in [-0.2, -0.15) is 0 Å². The van der Waals surface area contributed by atoms with Gasteiger partial charge in [-0.15, -0.1) is 10.1 Å². The first-order chi connectivity index (χ1) is 12.2. The van der Waals surface area contributed by atoms with Crippen molar-refractivity contribution in [1.29, 1.82) is 0 Å². The van der Waals surface area contributed by atoms with Gasteiger partial charge < -0.3 is 54.8 Å². The Kier molecular flexibility index (Phi) is 7.03. The molecular weight excluding hydrogens is 366 g/mol. The van der Waals surface area contributed by atoms with Gasteiger partial charge in [0.2, 0.25) is 0 Å². The van der Waals surface area contributed by atoms with E-state index in [4.69, 9.17) is 14.2 Å².